The van der Waals surface area contributed by atoms with Crippen LogP contribution in [0, 0.1) is 5.92 Å². The van der Waals surface area contributed by atoms with Gasteiger partial charge in [0.05, 0.1) is 19.6 Å². The molecule has 0 saturated carbocycles. The zero-order valence-electron chi connectivity index (χ0n) is 13.3. The number of aliphatic carboxylic acids is 1. The summed E-state index contributed by atoms with van der Waals surface area (Å²) in [6.45, 7) is 1.72. The first-order chi connectivity index (χ1) is 11.0. The van der Waals surface area contributed by atoms with E-state index in [-0.39, 0.29) is 13.1 Å². The zero-order valence-corrected chi connectivity index (χ0v) is 13.3. The van der Waals surface area contributed by atoms with Gasteiger partial charge in [0.2, 0.25) is 5.91 Å². The molecule has 126 valence electrons. The fraction of sp³-hybridized carbons (Fsp3) is 0.438. The van der Waals surface area contributed by atoms with Crippen molar-refractivity contribution < 1.29 is 24.2 Å². The second kappa shape index (κ2) is 9.45. The van der Waals surface area contributed by atoms with E-state index in [1.54, 1.807) is 24.3 Å². The largest absolute Gasteiger partial charge is 0.497 e. The number of carbonyl (C=O) groups is 3. The molecule has 0 radical (unpaired) electrons. The Morgan fingerprint density at radius 1 is 1.26 bits per heavy atom. The summed E-state index contributed by atoms with van der Waals surface area (Å²) in [4.78, 5) is 34.6. The fourth-order valence-electron chi connectivity index (χ4n) is 1.99. The summed E-state index contributed by atoms with van der Waals surface area (Å²) in [5, 5.41) is 14.0. The van der Waals surface area contributed by atoms with Crippen LogP contribution in [0.3, 0.4) is 0 Å². The minimum Gasteiger partial charge on any atom is -0.497 e. The van der Waals surface area contributed by atoms with Crippen molar-refractivity contribution in [2.45, 2.75) is 19.8 Å². The highest BCUT2D eigenvalue weighted by molar-refractivity contribution is 5.96. The standard InChI is InChI=1S/C16H22N2O5/c1-3-5-12(16(21)22)9-17-14(19)10-18-15(20)11-6-4-7-13(8-11)23-2/h4,6-8,12H,3,5,9-10H2,1-2H3,(H,17,19)(H,18,20)(H,21,22). The van der Waals surface area contributed by atoms with E-state index in [0.29, 0.717) is 17.7 Å². The Bertz CT molecular complexity index is 559. The third-order valence-corrected chi connectivity index (χ3v) is 3.27. The Balaban J connectivity index is 2.43. The maximum Gasteiger partial charge on any atom is 0.308 e. The number of amides is 2. The number of carboxylic acids is 1. The van der Waals surface area contributed by atoms with Gasteiger partial charge in [-0.3, -0.25) is 14.4 Å². The first-order valence-corrected chi connectivity index (χ1v) is 7.39. The van der Waals surface area contributed by atoms with E-state index in [9.17, 15) is 14.4 Å². The van der Waals surface area contributed by atoms with Crippen LogP contribution < -0.4 is 15.4 Å². The summed E-state index contributed by atoms with van der Waals surface area (Å²) in [5.41, 5.74) is 0.381. The molecule has 0 aliphatic carbocycles. The molecule has 1 atom stereocenters. The molecule has 1 unspecified atom stereocenters. The van der Waals surface area contributed by atoms with Gasteiger partial charge in [-0.1, -0.05) is 19.4 Å². The van der Waals surface area contributed by atoms with Crippen molar-refractivity contribution in [2.75, 3.05) is 20.2 Å². The van der Waals surface area contributed by atoms with Gasteiger partial charge >= 0.3 is 5.97 Å². The highest BCUT2D eigenvalue weighted by Crippen LogP contribution is 2.12. The van der Waals surface area contributed by atoms with Crippen LogP contribution in [0.5, 0.6) is 5.75 Å². The van der Waals surface area contributed by atoms with Crippen molar-refractivity contribution in [3.63, 3.8) is 0 Å². The summed E-state index contributed by atoms with van der Waals surface area (Å²) in [5.74, 6) is -1.83. The fourth-order valence-corrected chi connectivity index (χ4v) is 1.99. The van der Waals surface area contributed by atoms with E-state index in [2.05, 4.69) is 10.6 Å². The highest BCUT2D eigenvalue weighted by atomic mass is 16.5. The highest BCUT2D eigenvalue weighted by Gasteiger charge is 2.17. The minimum absolute atomic E-state index is 0.0526. The Hall–Kier alpha value is -2.57. The molecule has 2 amide bonds. The van der Waals surface area contributed by atoms with Crippen molar-refractivity contribution in [2.24, 2.45) is 5.92 Å². The average Bonchev–Trinajstić information content (AvgIpc) is 2.56. The predicted octanol–water partition coefficient (Wildman–Crippen LogP) is 1.04. The van der Waals surface area contributed by atoms with Gasteiger partial charge < -0.3 is 20.5 Å². The summed E-state index contributed by atoms with van der Waals surface area (Å²) in [6, 6.07) is 6.56. The molecule has 3 N–H and O–H groups in total. The lowest BCUT2D eigenvalue weighted by Gasteiger charge is -2.12. The first-order valence-electron chi connectivity index (χ1n) is 7.39. The SMILES string of the molecule is CCCC(CNC(=O)CNC(=O)c1cccc(OC)c1)C(=O)O. The molecule has 0 saturated heterocycles. The van der Waals surface area contributed by atoms with E-state index >= 15 is 0 Å². The Morgan fingerprint density at radius 2 is 2.00 bits per heavy atom. The summed E-state index contributed by atoms with van der Waals surface area (Å²) in [6.07, 6.45) is 1.21. The van der Waals surface area contributed by atoms with Crippen LogP contribution in [0.2, 0.25) is 0 Å². The molecular formula is C16H22N2O5. The van der Waals surface area contributed by atoms with Gasteiger partial charge in [-0.15, -0.1) is 0 Å². The third kappa shape index (κ3) is 6.37. The molecular weight excluding hydrogens is 300 g/mol. The second-order valence-electron chi connectivity index (χ2n) is 5.04. The molecule has 0 aliphatic heterocycles. The number of rotatable bonds is 9. The quantitative estimate of drug-likeness (QED) is 0.630. The van der Waals surface area contributed by atoms with Crippen LogP contribution in [0.15, 0.2) is 24.3 Å². The molecule has 0 heterocycles. The minimum atomic E-state index is -0.937. The van der Waals surface area contributed by atoms with E-state index in [1.165, 1.54) is 7.11 Å². The van der Waals surface area contributed by atoms with Crippen LogP contribution in [0.1, 0.15) is 30.1 Å². The van der Waals surface area contributed by atoms with Crippen molar-refractivity contribution in [3.8, 4) is 5.75 Å². The van der Waals surface area contributed by atoms with Crippen LogP contribution in [0.25, 0.3) is 0 Å². The summed E-state index contributed by atoms with van der Waals surface area (Å²) >= 11 is 0. The molecule has 1 aromatic rings. The van der Waals surface area contributed by atoms with Gasteiger partial charge in [0, 0.05) is 12.1 Å². The van der Waals surface area contributed by atoms with E-state index in [1.807, 2.05) is 6.92 Å². The lowest BCUT2D eigenvalue weighted by molar-refractivity contribution is -0.141. The van der Waals surface area contributed by atoms with Crippen molar-refractivity contribution in [1.29, 1.82) is 0 Å². The normalized spacial score (nSPS) is 11.4. The van der Waals surface area contributed by atoms with Crippen molar-refractivity contribution in [1.82, 2.24) is 10.6 Å². The van der Waals surface area contributed by atoms with Gasteiger partial charge in [-0.05, 0) is 24.6 Å². The zero-order chi connectivity index (χ0) is 17.2. The van der Waals surface area contributed by atoms with Crippen LogP contribution in [-0.4, -0.2) is 43.1 Å². The molecule has 0 fully saturated rings. The molecule has 0 spiro atoms. The summed E-state index contributed by atoms with van der Waals surface area (Å²) in [7, 11) is 1.50. The number of carboxylic acid groups (broad SMARTS) is 1. The lowest BCUT2D eigenvalue weighted by Crippen LogP contribution is -2.40. The molecule has 23 heavy (non-hydrogen) atoms. The molecule has 1 rings (SSSR count). The Kier molecular flexibility index (Phi) is 7.59. The number of ether oxygens (including phenoxy) is 1. The van der Waals surface area contributed by atoms with Gasteiger partial charge in [-0.2, -0.15) is 0 Å². The third-order valence-electron chi connectivity index (χ3n) is 3.27. The molecule has 7 nitrogen and oxygen atoms in total. The van der Waals surface area contributed by atoms with Gasteiger partial charge in [0.1, 0.15) is 5.75 Å². The number of hydrogen-bond donors (Lipinski definition) is 3. The molecule has 7 heteroatoms. The molecule has 0 aromatic heterocycles. The summed E-state index contributed by atoms with van der Waals surface area (Å²) < 4.78 is 5.03. The smallest absolute Gasteiger partial charge is 0.308 e. The predicted molar refractivity (Wildman–Crippen MR) is 84.4 cm³/mol. The second-order valence-corrected chi connectivity index (χ2v) is 5.04. The van der Waals surface area contributed by atoms with E-state index in [0.717, 1.165) is 6.42 Å². The van der Waals surface area contributed by atoms with Gasteiger partial charge in [0.25, 0.3) is 5.91 Å². The maximum absolute atomic E-state index is 11.9. The Labute approximate surface area is 135 Å². The van der Waals surface area contributed by atoms with Crippen LogP contribution in [-0.2, 0) is 9.59 Å². The lowest BCUT2D eigenvalue weighted by atomic mass is 10.0. The van der Waals surface area contributed by atoms with Gasteiger partial charge in [0.15, 0.2) is 0 Å². The molecule has 1 aromatic carbocycles. The number of benzene rings is 1. The van der Waals surface area contributed by atoms with E-state index < -0.39 is 23.7 Å². The topological polar surface area (TPSA) is 105 Å². The van der Waals surface area contributed by atoms with Gasteiger partial charge in [-0.25, -0.2) is 0 Å². The van der Waals surface area contributed by atoms with Crippen LogP contribution >= 0.6 is 0 Å². The number of carbonyl (C=O) groups excluding carboxylic acids is 2. The Morgan fingerprint density at radius 3 is 2.61 bits per heavy atom. The first kappa shape index (κ1) is 18.5. The van der Waals surface area contributed by atoms with Crippen LogP contribution in [0.4, 0.5) is 0 Å². The number of methoxy groups -OCH3 is 1. The average molecular weight is 322 g/mol. The molecule has 0 bridgehead atoms. The monoisotopic (exact) mass is 322 g/mol. The number of hydrogen-bond acceptors (Lipinski definition) is 4. The van der Waals surface area contributed by atoms with Crippen molar-refractivity contribution in [3.05, 3.63) is 29.8 Å². The van der Waals surface area contributed by atoms with E-state index in [4.69, 9.17) is 9.84 Å². The van der Waals surface area contributed by atoms with Crippen molar-refractivity contribution >= 4 is 17.8 Å². The maximum atomic E-state index is 11.9. The number of nitrogens with one attached hydrogen (secondary N) is 2. The molecule has 0 aliphatic rings.